The van der Waals surface area contributed by atoms with Crippen LogP contribution in [0.25, 0.3) is 0 Å². The molecule has 0 radical (unpaired) electrons. The Hall–Kier alpha value is -0.890. The molecule has 1 fully saturated rings. The Kier molecular flexibility index (Phi) is 3.29. The minimum Gasteiger partial charge on any atom is -0.325 e. The summed E-state index contributed by atoms with van der Waals surface area (Å²) < 4.78 is 13.2. The first-order chi connectivity index (χ1) is 7.59. The predicted molar refractivity (Wildman–Crippen MR) is 64.8 cm³/mol. The molecule has 2 N–H and O–H groups in total. The van der Waals surface area contributed by atoms with E-state index < -0.39 is 0 Å². The summed E-state index contributed by atoms with van der Waals surface area (Å²) in [7, 11) is 0. The van der Waals surface area contributed by atoms with Gasteiger partial charge in [-0.3, -0.25) is 0 Å². The molecule has 0 spiro atoms. The van der Waals surface area contributed by atoms with Gasteiger partial charge in [0.25, 0.3) is 0 Å². The van der Waals surface area contributed by atoms with Gasteiger partial charge in [-0.25, -0.2) is 4.39 Å². The fraction of sp³-hybridized carbons (Fsp3) is 0.571. The van der Waals surface area contributed by atoms with E-state index in [0.29, 0.717) is 0 Å². The van der Waals surface area contributed by atoms with Crippen molar-refractivity contribution < 1.29 is 4.39 Å². The van der Waals surface area contributed by atoms with E-state index in [1.807, 2.05) is 13.0 Å². The summed E-state index contributed by atoms with van der Waals surface area (Å²) >= 11 is 0. The Morgan fingerprint density at radius 2 is 1.94 bits per heavy atom. The van der Waals surface area contributed by atoms with Crippen molar-refractivity contribution in [2.24, 2.45) is 5.73 Å². The SMILES string of the molecule is Cc1ccc(F)cc1CC1(N)CCCCC1. The average Bonchev–Trinajstić information content (AvgIpc) is 2.24. The van der Waals surface area contributed by atoms with E-state index in [4.69, 9.17) is 5.73 Å². The van der Waals surface area contributed by atoms with Crippen molar-refractivity contribution in [2.75, 3.05) is 0 Å². The third kappa shape index (κ3) is 2.62. The Morgan fingerprint density at radius 3 is 2.62 bits per heavy atom. The molecule has 0 aliphatic heterocycles. The minimum atomic E-state index is -0.153. The monoisotopic (exact) mass is 221 g/mol. The average molecular weight is 221 g/mol. The first-order valence-electron chi connectivity index (χ1n) is 6.13. The van der Waals surface area contributed by atoms with Crippen molar-refractivity contribution in [2.45, 2.75) is 51.0 Å². The molecule has 88 valence electrons. The molecule has 0 saturated heterocycles. The molecule has 0 atom stereocenters. The number of aryl methyl sites for hydroxylation is 1. The standard InChI is InChI=1S/C14H20FN/c1-11-5-6-13(15)9-12(11)10-14(16)7-3-2-4-8-14/h5-6,9H,2-4,7-8,10,16H2,1H3. The number of hydrogen-bond donors (Lipinski definition) is 1. The lowest BCUT2D eigenvalue weighted by atomic mass is 9.78. The molecule has 0 bridgehead atoms. The highest BCUT2D eigenvalue weighted by Gasteiger charge is 2.28. The molecule has 1 aliphatic rings. The molecule has 1 aliphatic carbocycles. The van der Waals surface area contributed by atoms with Gasteiger partial charge in [0.05, 0.1) is 0 Å². The molecule has 1 aromatic rings. The van der Waals surface area contributed by atoms with Crippen molar-refractivity contribution in [3.8, 4) is 0 Å². The zero-order chi connectivity index (χ0) is 11.6. The largest absolute Gasteiger partial charge is 0.325 e. The van der Waals surface area contributed by atoms with Crippen molar-refractivity contribution >= 4 is 0 Å². The molecule has 16 heavy (non-hydrogen) atoms. The summed E-state index contributed by atoms with van der Waals surface area (Å²) in [5, 5.41) is 0. The van der Waals surface area contributed by atoms with Crippen LogP contribution in [0.3, 0.4) is 0 Å². The fourth-order valence-corrected chi connectivity index (χ4v) is 2.64. The maximum Gasteiger partial charge on any atom is 0.123 e. The third-order valence-corrected chi connectivity index (χ3v) is 3.70. The highest BCUT2D eigenvalue weighted by atomic mass is 19.1. The highest BCUT2D eigenvalue weighted by molar-refractivity contribution is 5.28. The summed E-state index contributed by atoms with van der Waals surface area (Å²) in [6.45, 7) is 2.03. The van der Waals surface area contributed by atoms with Crippen LogP contribution >= 0.6 is 0 Å². The summed E-state index contributed by atoms with van der Waals surface area (Å²) in [6, 6.07) is 5.00. The van der Waals surface area contributed by atoms with Crippen molar-refractivity contribution in [3.63, 3.8) is 0 Å². The number of hydrogen-bond acceptors (Lipinski definition) is 1. The smallest absolute Gasteiger partial charge is 0.123 e. The molecular weight excluding hydrogens is 201 g/mol. The van der Waals surface area contributed by atoms with Gasteiger partial charge in [0.2, 0.25) is 0 Å². The van der Waals surface area contributed by atoms with Gasteiger partial charge in [0.1, 0.15) is 5.82 Å². The van der Waals surface area contributed by atoms with Crippen LogP contribution in [0.5, 0.6) is 0 Å². The second-order valence-corrected chi connectivity index (χ2v) is 5.17. The van der Waals surface area contributed by atoms with E-state index in [9.17, 15) is 4.39 Å². The van der Waals surface area contributed by atoms with Gasteiger partial charge < -0.3 is 5.73 Å². The quantitative estimate of drug-likeness (QED) is 0.814. The van der Waals surface area contributed by atoms with E-state index in [2.05, 4.69) is 0 Å². The molecule has 1 saturated carbocycles. The van der Waals surface area contributed by atoms with E-state index in [1.54, 1.807) is 6.07 Å². The van der Waals surface area contributed by atoms with E-state index in [0.717, 1.165) is 30.4 Å². The Labute approximate surface area is 96.9 Å². The second kappa shape index (κ2) is 4.54. The lowest BCUT2D eigenvalue weighted by molar-refractivity contribution is 0.293. The van der Waals surface area contributed by atoms with Gasteiger partial charge in [-0.2, -0.15) is 0 Å². The molecule has 0 amide bonds. The van der Waals surface area contributed by atoms with E-state index >= 15 is 0 Å². The van der Waals surface area contributed by atoms with Crippen LogP contribution in [-0.2, 0) is 6.42 Å². The Morgan fingerprint density at radius 1 is 1.25 bits per heavy atom. The number of benzene rings is 1. The second-order valence-electron chi connectivity index (χ2n) is 5.17. The number of halogens is 1. The number of rotatable bonds is 2. The van der Waals surface area contributed by atoms with Crippen molar-refractivity contribution in [1.82, 2.24) is 0 Å². The van der Waals surface area contributed by atoms with E-state index in [1.165, 1.54) is 25.3 Å². The lowest BCUT2D eigenvalue weighted by Crippen LogP contribution is -2.43. The zero-order valence-corrected chi connectivity index (χ0v) is 9.93. The predicted octanol–water partition coefficient (Wildman–Crippen LogP) is 3.34. The molecule has 2 rings (SSSR count). The Bertz CT molecular complexity index is 367. The molecule has 0 aromatic heterocycles. The fourth-order valence-electron chi connectivity index (χ4n) is 2.64. The maximum atomic E-state index is 13.2. The van der Waals surface area contributed by atoms with Crippen molar-refractivity contribution in [1.29, 1.82) is 0 Å². The molecule has 2 heteroatoms. The van der Waals surface area contributed by atoms with Crippen LogP contribution in [0.2, 0.25) is 0 Å². The van der Waals surface area contributed by atoms with Gasteiger partial charge in [-0.15, -0.1) is 0 Å². The van der Waals surface area contributed by atoms with Crippen LogP contribution < -0.4 is 5.73 Å². The zero-order valence-electron chi connectivity index (χ0n) is 9.93. The normalized spacial score (nSPS) is 19.7. The summed E-state index contributed by atoms with van der Waals surface area (Å²) in [5.41, 5.74) is 8.51. The molecular formula is C14H20FN. The molecule has 0 heterocycles. The minimum absolute atomic E-state index is 0.100. The number of nitrogens with two attached hydrogens (primary N) is 1. The van der Waals surface area contributed by atoms with E-state index in [-0.39, 0.29) is 11.4 Å². The first kappa shape index (κ1) is 11.6. The van der Waals surface area contributed by atoms with Gasteiger partial charge in [-0.1, -0.05) is 25.3 Å². The highest BCUT2D eigenvalue weighted by Crippen LogP contribution is 2.30. The molecule has 1 aromatic carbocycles. The van der Waals surface area contributed by atoms with Crippen molar-refractivity contribution in [3.05, 3.63) is 35.1 Å². The topological polar surface area (TPSA) is 26.0 Å². The van der Waals surface area contributed by atoms with Crippen LogP contribution in [0.4, 0.5) is 4.39 Å². The van der Waals surface area contributed by atoms with Crippen LogP contribution in [-0.4, -0.2) is 5.54 Å². The molecule has 0 unspecified atom stereocenters. The summed E-state index contributed by atoms with van der Waals surface area (Å²) in [5.74, 6) is -0.153. The van der Waals surface area contributed by atoms with Crippen LogP contribution in [0.1, 0.15) is 43.2 Å². The first-order valence-corrected chi connectivity index (χ1v) is 6.13. The maximum absolute atomic E-state index is 13.2. The summed E-state index contributed by atoms with van der Waals surface area (Å²) in [4.78, 5) is 0. The van der Waals surface area contributed by atoms with Crippen LogP contribution in [0.15, 0.2) is 18.2 Å². The molecule has 1 nitrogen and oxygen atoms in total. The van der Waals surface area contributed by atoms with Gasteiger partial charge in [-0.05, 0) is 49.4 Å². The van der Waals surface area contributed by atoms with Gasteiger partial charge >= 0.3 is 0 Å². The van der Waals surface area contributed by atoms with Crippen LogP contribution in [0, 0.1) is 12.7 Å². The third-order valence-electron chi connectivity index (χ3n) is 3.70. The Balaban J connectivity index is 2.15. The van der Waals surface area contributed by atoms with Gasteiger partial charge in [0, 0.05) is 5.54 Å². The summed E-state index contributed by atoms with van der Waals surface area (Å²) in [6.07, 6.45) is 6.68. The lowest BCUT2D eigenvalue weighted by Gasteiger charge is -2.34. The van der Waals surface area contributed by atoms with Gasteiger partial charge in [0.15, 0.2) is 0 Å².